The zero-order chi connectivity index (χ0) is 12.0. The van der Waals surface area contributed by atoms with Crippen molar-refractivity contribution in [3.05, 3.63) is 29.8 Å². The molecule has 1 aromatic carbocycles. The molecule has 1 atom stereocenters. The number of nitrogens with two attached hydrogens (primary N) is 1. The molecule has 0 aliphatic carbocycles. The second kappa shape index (κ2) is 6.54. The van der Waals surface area contributed by atoms with Crippen molar-refractivity contribution in [1.82, 2.24) is 0 Å². The van der Waals surface area contributed by atoms with E-state index in [0.29, 0.717) is 0 Å². The number of anilines is 1. The van der Waals surface area contributed by atoms with Crippen molar-refractivity contribution in [2.45, 2.75) is 39.2 Å². The van der Waals surface area contributed by atoms with Crippen LogP contribution < -0.4 is 10.6 Å². The smallest absolute Gasteiger partial charge is 0.0366 e. The summed E-state index contributed by atoms with van der Waals surface area (Å²) in [5.74, 6) is 0. The zero-order valence-corrected chi connectivity index (χ0v) is 10.7. The Labute approximate surface area is 99.5 Å². The summed E-state index contributed by atoms with van der Waals surface area (Å²) in [6, 6.07) is 8.84. The number of benzene rings is 1. The molecule has 16 heavy (non-hydrogen) atoms. The first-order valence-electron chi connectivity index (χ1n) is 6.17. The summed E-state index contributed by atoms with van der Waals surface area (Å²) < 4.78 is 0. The molecule has 0 heterocycles. The van der Waals surface area contributed by atoms with Crippen LogP contribution in [0, 0.1) is 6.92 Å². The maximum Gasteiger partial charge on any atom is 0.0366 e. The maximum absolute atomic E-state index is 6.09. The van der Waals surface area contributed by atoms with Crippen molar-refractivity contribution in [2.75, 3.05) is 18.5 Å². The highest BCUT2D eigenvalue weighted by molar-refractivity contribution is 5.47. The van der Waals surface area contributed by atoms with Gasteiger partial charge in [-0.1, -0.05) is 31.9 Å². The highest BCUT2D eigenvalue weighted by Gasteiger charge is 2.07. The molecule has 1 rings (SSSR count). The van der Waals surface area contributed by atoms with E-state index in [2.05, 4.69) is 50.1 Å². The van der Waals surface area contributed by atoms with Crippen molar-refractivity contribution < 1.29 is 0 Å². The Morgan fingerprint density at radius 3 is 2.75 bits per heavy atom. The molecular formula is C14H24N2. The summed E-state index contributed by atoms with van der Waals surface area (Å²) in [4.78, 5) is 2.24. The molecular weight excluding hydrogens is 196 g/mol. The SMILES string of the molecule is CCCCC(N)CN(C)c1cccc(C)c1. The molecule has 90 valence electrons. The minimum atomic E-state index is 0.283. The first kappa shape index (κ1) is 13.0. The fraction of sp³-hybridized carbons (Fsp3) is 0.571. The number of rotatable bonds is 6. The second-order valence-electron chi connectivity index (χ2n) is 4.62. The summed E-state index contributed by atoms with van der Waals surface area (Å²) in [6.07, 6.45) is 3.57. The van der Waals surface area contributed by atoms with Gasteiger partial charge in [-0.25, -0.2) is 0 Å². The van der Waals surface area contributed by atoms with Crippen LogP contribution in [0.1, 0.15) is 31.7 Å². The van der Waals surface area contributed by atoms with E-state index < -0.39 is 0 Å². The largest absolute Gasteiger partial charge is 0.373 e. The molecule has 1 unspecified atom stereocenters. The first-order valence-corrected chi connectivity index (χ1v) is 6.17. The number of aryl methyl sites for hydroxylation is 1. The zero-order valence-electron chi connectivity index (χ0n) is 10.7. The van der Waals surface area contributed by atoms with Gasteiger partial charge in [0.25, 0.3) is 0 Å². The quantitative estimate of drug-likeness (QED) is 0.798. The lowest BCUT2D eigenvalue weighted by atomic mass is 10.1. The predicted octanol–water partition coefficient (Wildman–Crippen LogP) is 2.95. The van der Waals surface area contributed by atoms with Gasteiger partial charge in [0.2, 0.25) is 0 Å². The van der Waals surface area contributed by atoms with E-state index in [1.165, 1.54) is 24.1 Å². The highest BCUT2D eigenvalue weighted by Crippen LogP contribution is 2.14. The van der Waals surface area contributed by atoms with E-state index in [9.17, 15) is 0 Å². The van der Waals surface area contributed by atoms with Gasteiger partial charge in [-0.15, -0.1) is 0 Å². The van der Waals surface area contributed by atoms with Crippen LogP contribution in [0.3, 0.4) is 0 Å². The van der Waals surface area contributed by atoms with Gasteiger partial charge in [0.05, 0.1) is 0 Å². The lowest BCUT2D eigenvalue weighted by Crippen LogP contribution is -2.35. The Hall–Kier alpha value is -1.02. The number of likely N-dealkylation sites (N-methyl/N-ethyl adjacent to an activating group) is 1. The number of nitrogens with zero attached hydrogens (tertiary/aromatic N) is 1. The number of unbranched alkanes of at least 4 members (excludes halogenated alkanes) is 1. The third-order valence-electron chi connectivity index (χ3n) is 2.88. The lowest BCUT2D eigenvalue weighted by molar-refractivity contribution is 0.573. The van der Waals surface area contributed by atoms with E-state index in [4.69, 9.17) is 5.73 Å². The van der Waals surface area contributed by atoms with Gasteiger partial charge < -0.3 is 10.6 Å². The van der Waals surface area contributed by atoms with Crippen molar-refractivity contribution in [3.8, 4) is 0 Å². The molecule has 1 aromatic rings. The van der Waals surface area contributed by atoms with Crippen LogP contribution in [0.2, 0.25) is 0 Å². The second-order valence-corrected chi connectivity index (χ2v) is 4.62. The van der Waals surface area contributed by atoms with Crippen molar-refractivity contribution in [1.29, 1.82) is 0 Å². The minimum absolute atomic E-state index is 0.283. The average molecular weight is 220 g/mol. The van der Waals surface area contributed by atoms with Crippen LogP contribution >= 0.6 is 0 Å². The van der Waals surface area contributed by atoms with Gasteiger partial charge in [0.15, 0.2) is 0 Å². The molecule has 0 spiro atoms. The van der Waals surface area contributed by atoms with Crippen LogP contribution in [-0.4, -0.2) is 19.6 Å². The van der Waals surface area contributed by atoms with E-state index in [1.54, 1.807) is 0 Å². The molecule has 0 fully saturated rings. The third-order valence-corrected chi connectivity index (χ3v) is 2.88. The van der Waals surface area contributed by atoms with Gasteiger partial charge in [-0.3, -0.25) is 0 Å². The molecule has 0 bridgehead atoms. The Morgan fingerprint density at radius 2 is 2.12 bits per heavy atom. The van der Waals surface area contributed by atoms with Crippen LogP contribution in [0.4, 0.5) is 5.69 Å². The fourth-order valence-electron chi connectivity index (χ4n) is 1.88. The molecule has 0 saturated carbocycles. The van der Waals surface area contributed by atoms with Gasteiger partial charge in [0, 0.05) is 25.3 Å². The number of hydrogen-bond donors (Lipinski definition) is 1. The fourth-order valence-corrected chi connectivity index (χ4v) is 1.88. The van der Waals surface area contributed by atoms with Gasteiger partial charge in [-0.05, 0) is 31.0 Å². The summed E-state index contributed by atoms with van der Waals surface area (Å²) in [5, 5.41) is 0. The monoisotopic (exact) mass is 220 g/mol. The van der Waals surface area contributed by atoms with Crippen LogP contribution in [-0.2, 0) is 0 Å². The molecule has 0 aliphatic heterocycles. The first-order chi connectivity index (χ1) is 7.63. The highest BCUT2D eigenvalue weighted by atomic mass is 15.1. The van der Waals surface area contributed by atoms with E-state index in [1.807, 2.05) is 0 Å². The van der Waals surface area contributed by atoms with Crippen LogP contribution in [0.5, 0.6) is 0 Å². The van der Waals surface area contributed by atoms with Gasteiger partial charge >= 0.3 is 0 Å². The molecule has 0 aliphatic rings. The standard InChI is InChI=1S/C14H24N2/c1-4-5-8-13(15)11-16(3)14-9-6-7-12(2)10-14/h6-7,9-10,13H,4-5,8,11,15H2,1-3H3. The summed E-state index contributed by atoms with van der Waals surface area (Å²) in [5.41, 5.74) is 8.65. The molecule has 0 aromatic heterocycles. The third kappa shape index (κ3) is 4.23. The Kier molecular flexibility index (Phi) is 5.33. The minimum Gasteiger partial charge on any atom is -0.373 e. The lowest BCUT2D eigenvalue weighted by Gasteiger charge is -2.23. The van der Waals surface area contributed by atoms with E-state index >= 15 is 0 Å². The van der Waals surface area contributed by atoms with Gasteiger partial charge in [0.1, 0.15) is 0 Å². The Balaban J connectivity index is 2.48. The van der Waals surface area contributed by atoms with E-state index in [-0.39, 0.29) is 6.04 Å². The summed E-state index contributed by atoms with van der Waals surface area (Å²) in [7, 11) is 2.11. The molecule has 2 N–H and O–H groups in total. The van der Waals surface area contributed by atoms with Crippen molar-refractivity contribution >= 4 is 5.69 Å². The maximum atomic E-state index is 6.09. The van der Waals surface area contributed by atoms with E-state index in [0.717, 1.165) is 13.0 Å². The molecule has 0 amide bonds. The number of hydrogen-bond acceptors (Lipinski definition) is 2. The summed E-state index contributed by atoms with van der Waals surface area (Å²) >= 11 is 0. The normalized spacial score (nSPS) is 12.5. The van der Waals surface area contributed by atoms with Crippen LogP contribution in [0.25, 0.3) is 0 Å². The van der Waals surface area contributed by atoms with Crippen molar-refractivity contribution in [3.63, 3.8) is 0 Å². The molecule has 0 radical (unpaired) electrons. The summed E-state index contributed by atoms with van der Waals surface area (Å²) in [6.45, 7) is 5.26. The van der Waals surface area contributed by atoms with Crippen LogP contribution in [0.15, 0.2) is 24.3 Å². The predicted molar refractivity (Wildman–Crippen MR) is 71.9 cm³/mol. The Morgan fingerprint density at radius 1 is 1.38 bits per heavy atom. The molecule has 0 saturated heterocycles. The molecule has 2 heteroatoms. The molecule has 2 nitrogen and oxygen atoms in total. The van der Waals surface area contributed by atoms with Gasteiger partial charge in [-0.2, -0.15) is 0 Å². The average Bonchev–Trinajstić information content (AvgIpc) is 2.26. The van der Waals surface area contributed by atoms with Crippen molar-refractivity contribution in [2.24, 2.45) is 5.73 Å². The Bertz CT molecular complexity index is 309. The topological polar surface area (TPSA) is 29.3 Å².